The molecule has 1 aliphatic heterocycles. The first kappa shape index (κ1) is 20.7. The number of nitrogens with zero attached hydrogens (tertiary/aromatic N) is 4. The highest BCUT2D eigenvalue weighted by molar-refractivity contribution is 6.28. The van der Waals surface area contributed by atoms with E-state index in [1.54, 1.807) is 20.8 Å². The molecule has 1 fully saturated rings. The minimum atomic E-state index is -1.30. The van der Waals surface area contributed by atoms with Crippen LogP contribution in [0.2, 0.25) is 5.28 Å². The van der Waals surface area contributed by atoms with E-state index in [-0.39, 0.29) is 35.5 Å². The smallest absolute Gasteiger partial charge is 0.337 e. The molecule has 2 aromatic rings. The predicted molar refractivity (Wildman–Crippen MR) is 97.3 cm³/mol. The first-order valence-electron chi connectivity index (χ1n) is 8.64. The van der Waals surface area contributed by atoms with Crippen molar-refractivity contribution in [2.75, 3.05) is 18.9 Å². The summed E-state index contributed by atoms with van der Waals surface area (Å²) in [6, 6.07) is 0. The van der Waals surface area contributed by atoms with E-state index >= 15 is 0 Å². The van der Waals surface area contributed by atoms with Gasteiger partial charge in [-0.1, -0.05) is 0 Å². The van der Waals surface area contributed by atoms with Crippen LogP contribution in [0.15, 0.2) is 6.33 Å². The number of halogens is 1. The Hall–Kier alpha value is -2.05. The molecule has 0 saturated carbocycles. The predicted octanol–water partition coefficient (Wildman–Crippen LogP) is 0.0394. The fraction of sp³-hybridized carbons (Fsp3) is 0.625. The number of ether oxygens (including phenoxy) is 3. The molecular weight excluding hydrogens is 394 g/mol. The summed E-state index contributed by atoms with van der Waals surface area (Å²) in [5.41, 5.74) is 5.08. The van der Waals surface area contributed by atoms with Gasteiger partial charge in [-0.2, -0.15) is 9.97 Å². The summed E-state index contributed by atoms with van der Waals surface area (Å²) in [7, 11) is 0. The van der Waals surface area contributed by atoms with E-state index in [1.165, 1.54) is 10.9 Å². The number of hydrogen-bond acceptors (Lipinski definition) is 10. The summed E-state index contributed by atoms with van der Waals surface area (Å²) in [5, 5.41) is 20.7. The third kappa shape index (κ3) is 3.76. The summed E-state index contributed by atoms with van der Waals surface area (Å²) >= 11 is 5.85. The van der Waals surface area contributed by atoms with Gasteiger partial charge >= 0.3 is 5.97 Å². The van der Waals surface area contributed by atoms with Gasteiger partial charge in [-0.3, -0.25) is 4.57 Å². The standard InChI is InChI=1S/C16H22ClN5O6/c1-4-26-14(25)16(2,3)27-5-7-9(23)10(24)13(28-7)22-6-19-8-11(18)20-15(17)21-12(8)22/h6-7,9-10,13,23-24H,4-5H2,1-3H3,(H2,18,20,21)/t7-,9-,10-,13-/m1/s1. The van der Waals surface area contributed by atoms with E-state index in [9.17, 15) is 15.0 Å². The minimum absolute atomic E-state index is 0.0813. The molecule has 3 rings (SSSR count). The molecule has 0 amide bonds. The quantitative estimate of drug-likeness (QED) is 0.435. The SMILES string of the molecule is CCOC(=O)C(C)(C)OC[C@H]1O[C@@H](n2cnc3c(N)nc(Cl)nc32)[C@H](O)[C@@H]1O. The molecule has 3 heterocycles. The van der Waals surface area contributed by atoms with Gasteiger partial charge in [-0.05, 0) is 32.4 Å². The highest BCUT2D eigenvalue weighted by atomic mass is 35.5. The first-order chi connectivity index (χ1) is 13.2. The lowest BCUT2D eigenvalue weighted by molar-refractivity contribution is -0.174. The van der Waals surface area contributed by atoms with E-state index in [2.05, 4.69) is 15.0 Å². The van der Waals surface area contributed by atoms with Crippen molar-refractivity contribution >= 4 is 34.6 Å². The van der Waals surface area contributed by atoms with Gasteiger partial charge in [0.15, 0.2) is 23.3 Å². The molecule has 0 bridgehead atoms. The molecule has 1 aliphatic rings. The number of rotatable bonds is 6. The maximum Gasteiger partial charge on any atom is 0.337 e. The Morgan fingerprint density at radius 2 is 2.11 bits per heavy atom. The van der Waals surface area contributed by atoms with E-state index in [4.69, 9.17) is 31.5 Å². The normalized spacial score (nSPS) is 25.4. The third-order valence-electron chi connectivity index (χ3n) is 4.41. The molecule has 0 radical (unpaired) electrons. The highest BCUT2D eigenvalue weighted by Crippen LogP contribution is 2.33. The molecule has 11 nitrogen and oxygen atoms in total. The molecule has 0 unspecified atom stereocenters. The number of esters is 1. The maximum absolute atomic E-state index is 11.9. The number of anilines is 1. The van der Waals surface area contributed by atoms with Crippen molar-refractivity contribution in [3.63, 3.8) is 0 Å². The van der Waals surface area contributed by atoms with Gasteiger partial charge in [0.05, 0.1) is 19.5 Å². The number of nitrogen functional groups attached to an aromatic ring is 1. The number of carbonyl (C=O) groups is 1. The second-order valence-corrected chi connectivity index (χ2v) is 7.13. The molecule has 0 spiro atoms. The van der Waals surface area contributed by atoms with Crippen LogP contribution in [0.5, 0.6) is 0 Å². The maximum atomic E-state index is 11.9. The summed E-state index contributed by atoms with van der Waals surface area (Å²) in [6.45, 7) is 4.86. The zero-order valence-corrected chi connectivity index (χ0v) is 16.3. The van der Waals surface area contributed by atoms with Crippen LogP contribution in [0.4, 0.5) is 5.82 Å². The van der Waals surface area contributed by atoms with Crippen LogP contribution in [-0.2, 0) is 19.0 Å². The Morgan fingerprint density at radius 3 is 2.79 bits per heavy atom. The molecule has 154 valence electrons. The molecule has 0 aliphatic carbocycles. The molecule has 28 heavy (non-hydrogen) atoms. The average molecular weight is 416 g/mol. The Labute approximate surface area is 165 Å². The Kier molecular flexibility index (Phi) is 5.73. The van der Waals surface area contributed by atoms with Crippen molar-refractivity contribution < 1.29 is 29.2 Å². The van der Waals surface area contributed by atoms with E-state index in [0.717, 1.165) is 0 Å². The van der Waals surface area contributed by atoms with Gasteiger partial charge in [0, 0.05) is 0 Å². The Bertz CT molecular complexity index is 875. The zero-order chi connectivity index (χ0) is 20.6. The van der Waals surface area contributed by atoms with Gasteiger partial charge in [0.1, 0.15) is 23.8 Å². The molecular formula is C16H22ClN5O6. The number of aliphatic hydroxyl groups excluding tert-OH is 2. The van der Waals surface area contributed by atoms with Gasteiger partial charge < -0.3 is 30.2 Å². The second kappa shape index (κ2) is 7.76. The average Bonchev–Trinajstić information content (AvgIpc) is 3.16. The summed E-state index contributed by atoms with van der Waals surface area (Å²) in [6.07, 6.45) is -3.12. The number of nitrogens with two attached hydrogens (primary N) is 1. The summed E-state index contributed by atoms with van der Waals surface area (Å²) < 4.78 is 17.7. The Morgan fingerprint density at radius 1 is 1.39 bits per heavy atom. The number of hydrogen-bond donors (Lipinski definition) is 3. The number of carbonyl (C=O) groups excluding carboxylic acids is 1. The Balaban J connectivity index is 1.77. The summed E-state index contributed by atoms with van der Waals surface area (Å²) in [4.78, 5) is 23.9. The van der Waals surface area contributed by atoms with Crippen LogP contribution in [0.3, 0.4) is 0 Å². The molecule has 4 N–H and O–H groups in total. The first-order valence-corrected chi connectivity index (χ1v) is 9.01. The molecule has 4 atom stereocenters. The lowest BCUT2D eigenvalue weighted by Crippen LogP contribution is -2.41. The largest absolute Gasteiger partial charge is 0.464 e. The van der Waals surface area contributed by atoms with Crippen LogP contribution < -0.4 is 5.73 Å². The molecule has 0 aromatic carbocycles. The molecule has 1 saturated heterocycles. The molecule has 12 heteroatoms. The number of imidazole rings is 1. The van der Waals surface area contributed by atoms with Crippen LogP contribution in [0, 0.1) is 0 Å². The van der Waals surface area contributed by atoms with Gasteiger partial charge in [0.2, 0.25) is 5.28 Å². The fourth-order valence-electron chi connectivity index (χ4n) is 2.85. The van der Waals surface area contributed by atoms with E-state index in [0.29, 0.717) is 0 Å². The van der Waals surface area contributed by atoms with Crippen LogP contribution in [0.1, 0.15) is 27.0 Å². The topological polar surface area (TPSA) is 155 Å². The van der Waals surface area contributed by atoms with Gasteiger partial charge in [-0.15, -0.1) is 0 Å². The van der Waals surface area contributed by atoms with Crippen molar-refractivity contribution in [3.8, 4) is 0 Å². The van der Waals surface area contributed by atoms with Gasteiger partial charge in [0.25, 0.3) is 0 Å². The van der Waals surface area contributed by atoms with Crippen molar-refractivity contribution in [2.24, 2.45) is 0 Å². The second-order valence-electron chi connectivity index (χ2n) is 6.79. The minimum Gasteiger partial charge on any atom is -0.464 e. The van der Waals surface area contributed by atoms with Crippen molar-refractivity contribution in [2.45, 2.75) is 50.9 Å². The number of aliphatic hydroxyl groups is 2. The highest BCUT2D eigenvalue weighted by Gasteiger charge is 2.45. The lowest BCUT2D eigenvalue weighted by Gasteiger charge is -2.25. The van der Waals surface area contributed by atoms with Crippen molar-refractivity contribution in [1.82, 2.24) is 19.5 Å². The summed E-state index contributed by atoms with van der Waals surface area (Å²) in [5.74, 6) is -0.458. The number of fused-ring (bicyclic) bond motifs is 1. The third-order valence-corrected chi connectivity index (χ3v) is 4.58. The van der Waals surface area contributed by atoms with E-state index < -0.39 is 36.1 Å². The number of aromatic nitrogens is 4. The van der Waals surface area contributed by atoms with Crippen LogP contribution in [-0.4, -0.2) is 72.8 Å². The van der Waals surface area contributed by atoms with E-state index in [1.807, 2.05) is 0 Å². The van der Waals surface area contributed by atoms with Crippen LogP contribution >= 0.6 is 11.6 Å². The van der Waals surface area contributed by atoms with Crippen molar-refractivity contribution in [1.29, 1.82) is 0 Å². The zero-order valence-electron chi connectivity index (χ0n) is 15.6. The lowest BCUT2D eigenvalue weighted by atomic mass is 10.1. The monoisotopic (exact) mass is 415 g/mol. The van der Waals surface area contributed by atoms with Gasteiger partial charge in [-0.25, -0.2) is 9.78 Å². The van der Waals surface area contributed by atoms with Crippen LogP contribution in [0.25, 0.3) is 11.2 Å². The fourth-order valence-corrected chi connectivity index (χ4v) is 3.02. The van der Waals surface area contributed by atoms with Crippen molar-refractivity contribution in [3.05, 3.63) is 11.6 Å². The molecule has 2 aromatic heterocycles.